The Morgan fingerprint density at radius 3 is 2.67 bits per heavy atom. The summed E-state index contributed by atoms with van der Waals surface area (Å²) in [6.45, 7) is 1.94. The summed E-state index contributed by atoms with van der Waals surface area (Å²) >= 11 is 1.27. The quantitative estimate of drug-likeness (QED) is 0.801. The number of carboxylic acid groups (broad SMARTS) is 1. The number of anilines is 1. The number of carbonyl (C=O) groups is 2. The predicted molar refractivity (Wildman–Crippen MR) is 90.4 cm³/mol. The number of hydrogen-bond donors (Lipinski definition) is 2. The van der Waals surface area contributed by atoms with Crippen LogP contribution in [-0.2, 0) is 9.59 Å². The number of aliphatic carboxylic acids is 1. The van der Waals surface area contributed by atoms with E-state index in [1.807, 2.05) is 0 Å². The first kappa shape index (κ1) is 18.0. The van der Waals surface area contributed by atoms with Crippen molar-refractivity contribution < 1.29 is 19.1 Å². The van der Waals surface area contributed by atoms with Gasteiger partial charge in [0, 0.05) is 17.5 Å². The van der Waals surface area contributed by atoms with Crippen LogP contribution in [0.25, 0.3) is 11.3 Å². The second-order valence-corrected chi connectivity index (χ2v) is 6.39. The molecule has 0 radical (unpaired) electrons. The highest BCUT2D eigenvalue weighted by Crippen LogP contribution is 2.24. The third kappa shape index (κ3) is 5.10. The summed E-state index contributed by atoms with van der Waals surface area (Å²) in [5.74, 6) is -2.03. The zero-order valence-corrected chi connectivity index (χ0v) is 14.1. The molecule has 1 heterocycles. The number of halogens is 1. The van der Waals surface area contributed by atoms with Gasteiger partial charge < -0.3 is 10.4 Å². The number of rotatable bonds is 7. The summed E-state index contributed by atoms with van der Waals surface area (Å²) in [7, 11) is 1.69. The number of benzene rings is 1. The van der Waals surface area contributed by atoms with Crippen molar-refractivity contribution in [2.75, 3.05) is 25.5 Å². The van der Waals surface area contributed by atoms with Gasteiger partial charge in [-0.15, -0.1) is 11.3 Å². The summed E-state index contributed by atoms with van der Waals surface area (Å²) in [6.07, 6.45) is 0. The van der Waals surface area contributed by atoms with Gasteiger partial charge in [-0.3, -0.25) is 14.5 Å². The standard InChI is InChI=1S/C16H18FN3O3S/c1-10(15(22)23)7-20(2)8-14(21)19-16-18-13(9-24-16)11-3-5-12(17)6-4-11/h3-6,9-10H,7-8H2,1-2H3,(H,22,23)(H,18,19,21). The minimum Gasteiger partial charge on any atom is -0.481 e. The average molecular weight is 351 g/mol. The van der Waals surface area contributed by atoms with Gasteiger partial charge in [0.15, 0.2) is 5.13 Å². The zero-order chi connectivity index (χ0) is 17.7. The molecule has 0 aliphatic heterocycles. The number of amides is 1. The minimum absolute atomic E-state index is 0.0725. The lowest BCUT2D eigenvalue weighted by atomic mass is 10.2. The number of carbonyl (C=O) groups excluding carboxylic acids is 1. The molecule has 2 aromatic rings. The fourth-order valence-corrected chi connectivity index (χ4v) is 2.83. The third-order valence-corrected chi connectivity index (χ3v) is 4.07. The number of hydrogen-bond acceptors (Lipinski definition) is 5. The molecule has 8 heteroatoms. The zero-order valence-electron chi connectivity index (χ0n) is 13.3. The molecule has 0 aliphatic carbocycles. The van der Waals surface area contributed by atoms with Crippen LogP contribution in [0.3, 0.4) is 0 Å². The highest BCUT2D eigenvalue weighted by Gasteiger charge is 2.16. The van der Waals surface area contributed by atoms with Gasteiger partial charge in [-0.05, 0) is 31.3 Å². The van der Waals surface area contributed by atoms with E-state index in [0.717, 1.165) is 5.56 Å². The van der Waals surface area contributed by atoms with E-state index >= 15 is 0 Å². The molecule has 0 saturated carbocycles. The number of aromatic nitrogens is 1. The van der Waals surface area contributed by atoms with Crippen LogP contribution in [0.2, 0.25) is 0 Å². The molecule has 1 amide bonds. The molecule has 2 rings (SSSR count). The highest BCUT2D eigenvalue weighted by molar-refractivity contribution is 7.14. The van der Waals surface area contributed by atoms with Crippen molar-refractivity contribution in [1.29, 1.82) is 0 Å². The van der Waals surface area contributed by atoms with E-state index in [-0.39, 0.29) is 24.8 Å². The van der Waals surface area contributed by atoms with Crippen LogP contribution < -0.4 is 5.32 Å². The number of likely N-dealkylation sites (N-methyl/N-ethyl adjacent to an activating group) is 1. The van der Waals surface area contributed by atoms with Gasteiger partial charge in [0.05, 0.1) is 18.2 Å². The Morgan fingerprint density at radius 1 is 1.38 bits per heavy atom. The molecule has 0 saturated heterocycles. The van der Waals surface area contributed by atoms with Gasteiger partial charge in [0.1, 0.15) is 5.82 Å². The van der Waals surface area contributed by atoms with E-state index in [4.69, 9.17) is 5.11 Å². The normalized spacial score (nSPS) is 12.2. The van der Waals surface area contributed by atoms with E-state index in [1.54, 1.807) is 36.4 Å². The maximum Gasteiger partial charge on any atom is 0.307 e. The first-order chi connectivity index (χ1) is 11.3. The van der Waals surface area contributed by atoms with E-state index in [1.165, 1.54) is 23.5 Å². The monoisotopic (exact) mass is 351 g/mol. The maximum atomic E-state index is 12.9. The number of nitrogens with one attached hydrogen (secondary N) is 1. The fraction of sp³-hybridized carbons (Fsp3) is 0.312. The Bertz CT molecular complexity index is 718. The maximum absolute atomic E-state index is 12.9. The van der Waals surface area contributed by atoms with Gasteiger partial charge in [-0.2, -0.15) is 0 Å². The Hall–Kier alpha value is -2.32. The van der Waals surface area contributed by atoms with E-state index in [0.29, 0.717) is 10.8 Å². The average Bonchev–Trinajstić information content (AvgIpc) is 2.95. The Kier molecular flexibility index (Phi) is 5.99. The summed E-state index contributed by atoms with van der Waals surface area (Å²) in [5, 5.41) is 13.8. The molecule has 128 valence electrons. The lowest BCUT2D eigenvalue weighted by molar-refractivity contribution is -0.141. The van der Waals surface area contributed by atoms with Crippen molar-refractivity contribution in [3.05, 3.63) is 35.5 Å². The van der Waals surface area contributed by atoms with Gasteiger partial charge in [-0.1, -0.05) is 6.92 Å². The topological polar surface area (TPSA) is 82.5 Å². The second kappa shape index (κ2) is 7.98. The fourth-order valence-electron chi connectivity index (χ4n) is 2.10. The van der Waals surface area contributed by atoms with Gasteiger partial charge in [0.2, 0.25) is 5.91 Å². The molecule has 1 aromatic heterocycles. The molecule has 1 unspecified atom stereocenters. The Labute approximate surface area is 142 Å². The summed E-state index contributed by atoms with van der Waals surface area (Å²) < 4.78 is 12.9. The summed E-state index contributed by atoms with van der Waals surface area (Å²) in [6, 6.07) is 5.95. The largest absolute Gasteiger partial charge is 0.481 e. The van der Waals surface area contributed by atoms with Crippen LogP contribution in [0.1, 0.15) is 6.92 Å². The number of thiazole rings is 1. The molecule has 0 fully saturated rings. The summed E-state index contributed by atoms with van der Waals surface area (Å²) in [5.41, 5.74) is 1.42. The van der Waals surface area contributed by atoms with Crippen LogP contribution in [0.4, 0.5) is 9.52 Å². The predicted octanol–water partition coefficient (Wildman–Crippen LogP) is 2.54. The lowest BCUT2D eigenvalue weighted by Gasteiger charge is -2.17. The van der Waals surface area contributed by atoms with Crippen molar-refractivity contribution >= 4 is 28.3 Å². The molecule has 0 bridgehead atoms. The van der Waals surface area contributed by atoms with Crippen molar-refractivity contribution in [3.63, 3.8) is 0 Å². The second-order valence-electron chi connectivity index (χ2n) is 5.53. The molecule has 1 aromatic carbocycles. The molecule has 2 N–H and O–H groups in total. The van der Waals surface area contributed by atoms with Crippen molar-refractivity contribution in [2.45, 2.75) is 6.92 Å². The smallest absolute Gasteiger partial charge is 0.307 e. The molecule has 6 nitrogen and oxygen atoms in total. The van der Waals surface area contributed by atoms with Gasteiger partial charge >= 0.3 is 5.97 Å². The molecule has 0 aliphatic rings. The van der Waals surface area contributed by atoms with Crippen LogP contribution >= 0.6 is 11.3 Å². The van der Waals surface area contributed by atoms with Crippen molar-refractivity contribution in [2.24, 2.45) is 5.92 Å². The Morgan fingerprint density at radius 2 is 2.04 bits per heavy atom. The Balaban J connectivity index is 1.91. The molecule has 0 spiro atoms. The van der Waals surface area contributed by atoms with Crippen LogP contribution in [0, 0.1) is 11.7 Å². The van der Waals surface area contributed by atoms with E-state index in [9.17, 15) is 14.0 Å². The van der Waals surface area contributed by atoms with Crippen molar-refractivity contribution in [3.8, 4) is 11.3 Å². The number of nitrogens with zero attached hydrogens (tertiary/aromatic N) is 2. The molecule has 1 atom stereocenters. The van der Waals surface area contributed by atoms with Crippen LogP contribution in [0.5, 0.6) is 0 Å². The van der Waals surface area contributed by atoms with Crippen LogP contribution in [0.15, 0.2) is 29.6 Å². The minimum atomic E-state index is -0.897. The SMILES string of the molecule is CC(CN(C)CC(=O)Nc1nc(-c2ccc(F)cc2)cs1)C(=O)O. The van der Waals surface area contributed by atoms with E-state index in [2.05, 4.69) is 10.3 Å². The molecular weight excluding hydrogens is 333 g/mol. The lowest BCUT2D eigenvalue weighted by Crippen LogP contribution is -2.35. The van der Waals surface area contributed by atoms with Gasteiger partial charge in [0.25, 0.3) is 0 Å². The molecular formula is C16H18FN3O3S. The summed E-state index contributed by atoms with van der Waals surface area (Å²) in [4.78, 5) is 28.7. The highest BCUT2D eigenvalue weighted by atomic mass is 32.1. The number of carboxylic acids is 1. The van der Waals surface area contributed by atoms with Crippen molar-refractivity contribution in [1.82, 2.24) is 9.88 Å². The van der Waals surface area contributed by atoms with Gasteiger partial charge in [-0.25, -0.2) is 9.37 Å². The first-order valence-corrected chi connectivity index (χ1v) is 8.16. The van der Waals surface area contributed by atoms with E-state index < -0.39 is 11.9 Å². The van der Waals surface area contributed by atoms with Crippen LogP contribution in [-0.4, -0.2) is 47.0 Å². The third-order valence-electron chi connectivity index (χ3n) is 3.31. The first-order valence-electron chi connectivity index (χ1n) is 7.28. The molecule has 24 heavy (non-hydrogen) atoms.